The Labute approximate surface area is 203 Å². The quantitative estimate of drug-likeness (QED) is 0.289. The zero-order valence-corrected chi connectivity index (χ0v) is 19.8. The van der Waals surface area contributed by atoms with Crippen LogP contribution >= 0.6 is 0 Å². The third kappa shape index (κ3) is 5.33. The molecular formula is C26H33F2N5O2. The molecule has 2 saturated carbocycles. The van der Waals surface area contributed by atoms with Crippen LogP contribution in [0.4, 0.5) is 14.6 Å². The summed E-state index contributed by atoms with van der Waals surface area (Å²) >= 11 is 0. The van der Waals surface area contributed by atoms with E-state index in [1.165, 1.54) is 12.1 Å². The SMILES string of the molecule is N=NC(C1=NCNc2[nH]ccc21)C1CCC(CCCc2ccc(OC(F)(F)C3CC3)cc2O)CC1. The molecule has 0 radical (unpaired) electrons. The molecule has 0 amide bonds. The predicted molar refractivity (Wildman–Crippen MR) is 130 cm³/mol. The monoisotopic (exact) mass is 485 g/mol. The van der Waals surface area contributed by atoms with Gasteiger partial charge in [0.25, 0.3) is 0 Å². The number of aromatic amines is 1. The molecule has 2 heterocycles. The highest BCUT2D eigenvalue weighted by Crippen LogP contribution is 2.45. The normalized spacial score (nSPS) is 23.1. The first-order valence-electron chi connectivity index (χ1n) is 12.7. The molecule has 2 aromatic rings. The predicted octanol–water partition coefficient (Wildman–Crippen LogP) is 6.50. The summed E-state index contributed by atoms with van der Waals surface area (Å²) < 4.78 is 32.6. The third-order valence-electron chi connectivity index (χ3n) is 7.71. The number of fused-ring (bicyclic) bond motifs is 1. The minimum Gasteiger partial charge on any atom is -0.508 e. The summed E-state index contributed by atoms with van der Waals surface area (Å²) in [7, 11) is 0. The van der Waals surface area contributed by atoms with Crippen molar-refractivity contribution >= 4 is 11.5 Å². The van der Waals surface area contributed by atoms with Crippen LogP contribution < -0.4 is 10.1 Å². The second-order valence-electron chi connectivity index (χ2n) is 10.1. The average Bonchev–Trinajstić information content (AvgIpc) is 3.60. The van der Waals surface area contributed by atoms with E-state index in [2.05, 4.69) is 20.4 Å². The third-order valence-corrected chi connectivity index (χ3v) is 7.71. The van der Waals surface area contributed by atoms with Gasteiger partial charge in [-0.05, 0) is 68.1 Å². The zero-order chi connectivity index (χ0) is 24.4. The van der Waals surface area contributed by atoms with Gasteiger partial charge in [0, 0.05) is 17.8 Å². The van der Waals surface area contributed by atoms with Crippen LogP contribution in [-0.4, -0.2) is 34.6 Å². The number of H-pyrrole nitrogens is 1. The first kappa shape index (κ1) is 23.8. The molecule has 4 N–H and O–H groups in total. The Balaban J connectivity index is 1.09. The molecule has 2 fully saturated rings. The number of aryl methyl sites for hydroxylation is 1. The summed E-state index contributed by atoms with van der Waals surface area (Å²) in [5.41, 5.74) is 10.5. The maximum Gasteiger partial charge on any atom is 0.400 e. The van der Waals surface area contributed by atoms with E-state index >= 15 is 0 Å². The van der Waals surface area contributed by atoms with E-state index in [9.17, 15) is 13.9 Å². The lowest BCUT2D eigenvalue weighted by Gasteiger charge is -2.33. The Bertz CT molecular complexity index is 1070. The first-order valence-corrected chi connectivity index (χ1v) is 12.7. The Morgan fingerprint density at radius 3 is 2.69 bits per heavy atom. The Hall–Kier alpha value is -2.97. The Morgan fingerprint density at radius 2 is 1.97 bits per heavy atom. The molecule has 1 atom stereocenters. The van der Waals surface area contributed by atoms with E-state index in [1.54, 1.807) is 6.07 Å². The van der Waals surface area contributed by atoms with Crippen molar-refractivity contribution in [2.24, 2.45) is 27.9 Å². The van der Waals surface area contributed by atoms with Crippen molar-refractivity contribution in [1.82, 2.24) is 4.98 Å². The molecule has 1 aromatic heterocycles. The van der Waals surface area contributed by atoms with Crippen molar-refractivity contribution in [2.45, 2.75) is 69.9 Å². The summed E-state index contributed by atoms with van der Waals surface area (Å²) in [4.78, 5) is 7.82. The van der Waals surface area contributed by atoms with Gasteiger partial charge < -0.3 is 20.1 Å². The highest BCUT2D eigenvalue weighted by Gasteiger charge is 2.49. The molecule has 1 aromatic carbocycles. The van der Waals surface area contributed by atoms with Crippen LogP contribution in [0.2, 0.25) is 0 Å². The lowest BCUT2D eigenvalue weighted by molar-refractivity contribution is -0.192. The number of hydrogen-bond acceptors (Lipinski definition) is 6. The number of phenols is 1. The molecule has 9 heteroatoms. The van der Waals surface area contributed by atoms with Crippen LogP contribution in [0.3, 0.4) is 0 Å². The highest BCUT2D eigenvalue weighted by atomic mass is 19.3. The van der Waals surface area contributed by atoms with Crippen molar-refractivity contribution in [3.8, 4) is 11.5 Å². The summed E-state index contributed by atoms with van der Waals surface area (Å²) in [6.07, 6.45) is 6.62. The van der Waals surface area contributed by atoms with E-state index in [-0.39, 0.29) is 17.5 Å². The maximum absolute atomic E-state index is 13.9. The minimum absolute atomic E-state index is 0.0148. The second kappa shape index (κ2) is 9.95. The second-order valence-corrected chi connectivity index (χ2v) is 10.1. The van der Waals surface area contributed by atoms with Gasteiger partial charge in [-0.15, -0.1) is 0 Å². The number of hydrogen-bond donors (Lipinski definition) is 4. The van der Waals surface area contributed by atoms with Crippen LogP contribution in [0.1, 0.15) is 62.5 Å². The summed E-state index contributed by atoms with van der Waals surface area (Å²) in [6.45, 7) is 0.507. The van der Waals surface area contributed by atoms with Crippen molar-refractivity contribution in [3.63, 3.8) is 0 Å². The molecule has 0 bridgehead atoms. The molecular weight excluding hydrogens is 452 g/mol. The van der Waals surface area contributed by atoms with Gasteiger partial charge in [0.05, 0.1) is 11.6 Å². The number of phenolic OH excluding ortho intramolecular Hbond substituents is 1. The van der Waals surface area contributed by atoms with Crippen LogP contribution in [0, 0.1) is 23.3 Å². The number of rotatable bonds is 10. The van der Waals surface area contributed by atoms with Crippen LogP contribution in [0.25, 0.3) is 0 Å². The number of ether oxygens (including phenoxy) is 1. The van der Waals surface area contributed by atoms with Gasteiger partial charge in [0.2, 0.25) is 0 Å². The molecule has 0 saturated heterocycles. The number of benzene rings is 1. The van der Waals surface area contributed by atoms with Crippen molar-refractivity contribution in [2.75, 3.05) is 12.0 Å². The van der Waals surface area contributed by atoms with E-state index in [4.69, 9.17) is 10.3 Å². The molecule has 0 spiro atoms. The Morgan fingerprint density at radius 1 is 1.17 bits per heavy atom. The van der Waals surface area contributed by atoms with E-state index in [0.717, 1.165) is 61.2 Å². The van der Waals surface area contributed by atoms with Gasteiger partial charge in [-0.2, -0.15) is 13.9 Å². The number of halogens is 2. The van der Waals surface area contributed by atoms with Crippen molar-refractivity contribution in [1.29, 1.82) is 5.53 Å². The number of nitrogens with one attached hydrogen (secondary N) is 3. The molecule has 1 unspecified atom stereocenters. The molecule has 7 nitrogen and oxygen atoms in total. The zero-order valence-electron chi connectivity index (χ0n) is 19.8. The van der Waals surface area contributed by atoms with Gasteiger partial charge >= 0.3 is 6.11 Å². The molecule has 2 aliphatic carbocycles. The van der Waals surface area contributed by atoms with Gasteiger partial charge in [-0.1, -0.05) is 25.3 Å². The van der Waals surface area contributed by atoms with Gasteiger partial charge in [0.1, 0.15) is 30.0 Å². The fraction of sp³-hybridized carbons (Fsp3) is 0.577. The van der Waals surface area contributed by atoms with Crippen molar-refractivity contribution < 1.29 is 18.6 Å². The van der Waals surface area contributed by atoms with Gasteiger partial charge in [-0.3, -0.25) is 4.99 Å². The fourth-order valence-corrected chi connectivity index (χ4v) is 5.51. The average molecular weight is 486 g/mol. The van der Waals surface area contributed by atoms with Gasteiger partial charge in [-0.25, -0.2) is 5.53 Å². The standard InChI is InChI=1S/C26H33F2N5O2/c27-26(28,19-9-10-19)35-20-11-8-17(22(34)14-20)3-1-2-16-4-6-18(7-5-16)23(33-29)24-21-12-13-30-25(21)32-15-31-24/h8,11-14,16,18-19,23,29-30,32,34H,1-7,9-10,15H2. The number of alkyl halides is 2. The lowest BCUT2D eigenvalue weighted by atomic mass is 9.75. The number of anilines is 1. The van der Waals surface area contributed by atoms with Crippen molar-refractivity contribution in [3.05, 3.63) is 41.6 Å². The van der Waals surface area contributed by atoms with E-state index in [1.807, 2.05) is 12.3 Å². The van der Waals surface area contributed by atoms with E-state index < -0.39 is 12.0 Å². The number of aromatic nitrogens is 1. The first-order chi connectivity index (χ1) is 16.9. The van der Waals surface area contributed by atoms with Gasteiger partial charge in [0.15, 0.2) is 0 Å². The van der Waals surface area contributed by atoms with E-state index in [0.29, 0.717) is 37.8 Å². The lowest BCUT2D eigenvalue weighted by Crippen LogP contribution is -2.34. The largest absolute Gasteiger partial charge is 0.508 e. The molecule has 5 rings (SSSR count). The van der Waals surface area contributed by atoms with Crippen LogP contribution in [-0.2, 0) is 6.42 Å². The Kier molecular flexibility index (Phi) is 6.75. The molecule has 1 aliphatic heterocycles. The highest BCUT2D eigenvalue weighted by molar-refractivity contribution is 6.09. The number of nitrogens with zero attached hydrogens (tertiary/aromatic N) is 2. The molecule has 188 valence electrons. The minimum atomic E-state index is -3.16. The smallest absolute Gasteiger partial charge is 0.400 e. The molecule has 3 aliphatic rings. The number of aliphatic imine (C=N–C) groups is 1. The molecule has 35 heavy (non-hydrogen) atoms. The maximum atomic E-state index is 13.9. The van der Waals surface area contributed by atoms with Crippen LogP contribution in [0.5, 0.6) is 11.5 Å². The summed E-state index contributed by atoms with van der Waals surface area (Å²) in [6, 6.07) is 6.33. The fourth-order valence-electron chi connectivity index (χ4n) is 5.51. The summed E-state index contributed by atoms with van der Waals surface area (Å²) in [5.74, 6) is 1.22. The topological polar surface area (TPSA) is 106 Å². The number of aromatic hydroxyl groups is 1. The summed E-state index contributed by atoms with van der Waals surface area (Å²) in [5, 5.41) is 17.5. The van der Waals surface area contributed by atoms with Crippen LogP contribution in [0.15, 0.2) is 40.6 Å².